The van der Waals surface area contributed by atoms with Crippen LogP contribution in [0.4, 0.5) is 0 Å². The van der Waals surface area contributed by atoms with Crippen LogP contribution < -0.4 is 5.73 Å². The Morgan fingerprint density at radius 2 is 2.33 bits per heavy atom. The summed E-state index contributed by atoms with van der Waals surface area (Å²) >= 11 is 0. The summed E-state index contributed by atoms with van der Waals surface area (Å²) in [6.07, 6.45) is 1.85. The Morgan fingerprint density at radius 1 is 1.67 bits per heavy atom. The van der Waals surface area contributed by atoms with Crippen molar-refractivity contribution in [3.63, 3.8) is 0 Å². The summed E-state index contributed by atoms with van der Waals surface area (Å²) in [6, 6.07) is 0.0532. The molecule has 0 aromatic carbocycles. The first kappa shape index (κ1) is 6.55. The SMILES string of the molecule is COC(=O)[C@H]1CC[C@@H]1N. The highest BCUT2D eigenvalue weighted by molar-refractivity contribution is 5.74. The molecule has 0 radical (unpaired) electrons. The minimum Gasteiger partial charge on any atom is -0.469 e. The highest BCUT2D eigenvalue weighted by Gasteiger charge is 2.34. The van der Waals surface area contributed by atoms with E-state index in [9.17, 15) is 4.79 Å². The molecule has 0 bridgehead atoms. The highest BCUT2D eigenvalue weighted by atomic mass is 16.5. The van der Waals surface area contributed by atoms with Crippen LogP contribution >= 0.6 is 0 Å². The van der Waals surface area contributed by atoms with E-state index in [1.54, 1.807) is 0 Å². The zero-order valence-corrected chi connectivity index (χ0v) is 5.46. The van der Waals surface area contributed by atoms with Crippen molar-refractivity contribution in [2.75, 3.05) is 7.11 Å². The van der Waals surface area contributed by atoms with Gasteiger partial charge in [-0.25, -0.2) is 0 Å². The molecular weight excluding hydrogens is 118 g/mol. The average molecular weight is 129 g/mol. The number of hydrogen-bond acceptors (Lipinski definition) is 3. The highest BCUT2D eigenvalue weighted by Crippen LogP contribution is 2.25. The fourth-order valence-corrected chi connectivity index (χ4v) is 0.970. The predicted octanol–water partition coefficient (Wildman–Crippen LogP) is -0.103. The van der Waals surface area contributed by atoms with E-state index < -0.39 is 0 Å². The van der Waals surface area contributed by atoms with E-state index in [1.807, 2.05) is 0 Å². The van der Waals surface area contributed by atoms with Gasteiger partial charge in [0, 0.05) is 6.04 Å². The van der Waals surface area contributed by atoms with Crippen molar-refractivity contribution in [1.82, 2.24) is 0 Å². The molecule has 0 aromatic rings. The molecule has 1 aliphatic carbocycles. The van der Waals surface area contributed by atoms with E-state index in [1.165, 1.54) is 7.11 Å². The van der Waals surface area contributed by atoms with Crippen LogP contribution in [0.3, 0.4) is 0 Å². The molecule has 1 fully saturated rings. The molecule has 2 N–H and O–H groups in total. The summed E-state index contributed by atoms with van der Waals surface area (Å²) in [5, 5.41) is 0. The Kier molecular flexibility index (Phi) is 1.71. The average Bonchev–Trinajstić information content (AvgIpc) is 1.84. The van der Waals surface area contributed by atoms with Crippen LogP contribution in [0.2, 0.25) is 0 Å². The smallest absolute Gasteiger partial charge is 0.310 e. The lowest BCUT2D eigenvalue weighted by molar-refractivity contribution is -0.149. The van der Waals surface area contributed by atoms with Crippen LogP contribution in [-0.2, 0) is 9.53 Å². The number of hydrogen-bond donors (Lipinski definition) is 1. The second-order valence-electron chi connectivity index (χ2n) is 2.37. The molecule has 9 heavy (non-hydrogen) atoms. The van der Waals surface area contributed by atoms with Crippen molar-refractivity contribution < 1.29 is 9.53 Å². The Morgan fingerprint density at radius 3 is 2.44 bits per heavy atom. The van der Waals surface area contributed by atoms with E-state index in [-0.39, 0.29) is 17.9 Å². The maximum Gasteiger partial charge on any atom is 0.310 e. The monoisotopic (exact) mass is 129 g/mol. The van der Waals surface area contributed by atoms with Gasteiger partial charge in [-0.2, -0.15) is 0 Å². The molecule has 3 nitrogen and oxygen atoms in total. The summed E-state index contributed by atoms with van der Waals surface area (Å²) in [5.41, 5.74) is 5.50. The van der Waals surface area contributed by atoms with Gasteiger partial charge in [0.25, 0.3) is 0 Å². The molecule has 0 saturated heterocycles. The van der Waals surface area contributed by atoms with Gasteiger partial charge in [-0.3, -0.25) is 4.79 Å². The first-order valence-electron chi connectivity index (χ1n) is 3.09. The van der Waals surface area contributed by atoms with Crippen LogP contribution in [0.1, 0.15) is 12.8 Å². The van der Waals surface area contributed by atoms with Crippen LogP contribution in [0, 0.1) is 5.92 Å². The van der Waals surface area contributed by atoms with Crippen LogP contribution in [0.25, 0.3) is 0 Å². The quantitative estimate of drug-likeness (QED) is 0.503. The second kappa shape index (κ2) is 2.35. The first-order valence-corrected chi connectivity index (χ1v) is 3.09. The summed E-state index contributed by atoms with van der Waals surface area (Å²) < 4.78 is 4.51. The number of nitrogens with two attached hydrogens (primary N) is 1. The van der Waals surface area contributed by atoms with Gasteiger partial charge < -0.3 is 10.5 Å². The topological polar surface area (TPSA) is 52.3 Å². The molecular formula is C6H11NO2. The molecule has 1 saturated carbocycles. The molecule has 1 rings (SSSR count). The predicted molar refractivity (Wildman–Crippen MR) is 32.7 cm³/mol. The largest absolute Gasteiger partial charge is 0.469 e. The van der Waals surface area contributed by atoms with Gasteiger partial charge in [-0.1, -0.05) is 0 Å². The standard InChI is InChI=1S/C6H11NO2/c1-9-6(8)4-2-3-5(4)7/h4-5H,2-3,7H2,1H3/t4-,5-/m0/s1. The molecule has 0 aromatic heterocycles. The summed E-state index contributed by atoms with van der Waals surface area (Å²) in [4.78, 5) is 10.7. The van der Waals surface area contributed by atoms with E-state index in [0.717, 1.165) is 12.8 Å². The molecule has 1 aliphatic rings. The molecule has 3 heteroatoms. The zero-order valence-electron chi connectivity index (χ0n) is 5.46. The third-order valence-corrected chi connectivity index (χ3v) is 1.83. The lowest BCUT2D eigenvalue weighted by Crippen LogP contribution is -2.44. The maximum absolute atomic E-state index is 10.7. The molecule has 0 heterocycles. The van der Waals surface area contributed by atoms with Gasteiger partial charge in [-0.15, -0.1) is 0 Å². The summed E-state index contributed by atoms with van der Waals surface area (Å²) in [5.74, 6) is -0.177. The third-order valence-electron chi connectivity index (χ3n) is 1.83. The van der Waals surface area contributed by atoms with Gasteiger partial charge in [0.2, 0.25) is 0 Å². The molecule has 2 atom stereocenters. The third kappa shape index (κ3) is 1.05. The van der Waals surface area contributed by atoms with Gasteiger partial charge >= 0.3 is 5.97 Å². The first-order chi connectivity index (χ1) is 4.25. The number of esters is 1. The molecule has 52 valence electrons. The fraction of sp³-hybridized carbons (Fsp3) is 0.833. The minimum atomic E-state index is -0.159. The van der Waals surface area contributed by atoms with E-state index in [2.05, 4.69) is 4.74 Å². The zero-order chi connectivity index (χ0) is 6.85. The molecule has 0 amide bonds. The van der Waals surface area contributed by atoms with Crippen LogP contribution in [-0.4, -0.2) is 19.1 Å². The Bertz CT molecular complexity index is 124. The second-order valence-corrected chi connectivity index (χ2v) is 2.37. The van der Waals surface area contributed by atoms with Crippen LogP contribution in [0.15, 0.2) is 0 Å². The molecule has 0 unspecified atom stereocenters. The minimum absolute atomic E-state index is 0.0185. The van der Waals surface area contributed by atoms with Crippen molar-refractivity contribution in [3.05, 3.63) is 0 Å². The van der Waals surface area contributed by atoms with Crippen LogP contribution in [0.5, 0.6) is 0 Å². The number of rotatable bonds is 1. The number of carbonyl (C=O) groups excluding carboxylic acids is 1. The van der Waals surface area contributed by atoms with E-state index in [0.29, 0.717) is 0 Å². The van der Waals surface area contributed by atoms with E-state index in [4.69, 9.17) is 5.73 Å². The van der Waals surface area contributed by atoms with Gasteiger partial charge in [0.1, 0.15) is 0 Å². The fourth-order valence-electron chi connectivity index (χ4n) is 0.970. The van der Waals surface area contributed by atoms with E-state index >= 15 is 0 Å². The summed E-state index contributed by atoms with van der Waals surface area (Å²) in [7, 11) is 1.40. The Balaban J connectivity index is 2.35. The van der Waals surface area contributed by atoms with Gasteiger partial charge in [-0.05, 0) is 12.8 Å². The van der Waals surface area contributed by atoms with Gasteiger partial charge in [0.15, 0.2) is 0 Å². The van der Waals surface area contributed by atoms with Crippen molar-refractivity contribution >= 4 is 5.97 Å². The van der Waals surface area contributed by atoms with Gasteiger partial charge in [0.05, 0.1) is 13.0 Å². The Hall–Kier alpha value is -0.570. The van der Waals surface area contributed by atoms with Crippen molar-refractivity contribution in [1.29, 1.82) is 0 Å². The van der Waals surface area contributed by atoms with Crippen molar-refractivity contribution in [2.24, 2.45) is 11.7 Å². The number of carbonyl (C=O) groups is 1. The maximum atomic E-state index is 10.7. The lowest BCUT2D eigenvalue weighted by Gasteiger charge is -2.30. The molecule has 0 aliphatic heterocycles. The Labute approximate surface area is 54.2 Å². The number of methoxy groups -OCH3 is 1. The molecule has 0 spiro atoms. The van der Waals surface area contributed by atoms with Crippen molar-refractivity contribution in [2.45, 2.75) is 18.9 Å². The number of ether oxygens (including phenoxy) is 1. The normalized spacial score (nSPS) is 33.1. The van der Waals surface area contributed by atoms with Crippen molar-refractivity contribution in [3.8, 4) is 0 Å². The summed E-state index contributed by atoms with van der Waals surface area (Å²) in [6.45, 7) is 0. The lowest BCUT2D eigenvalue weighted by atomic mass is 9.80.